The standard InChI is InChI=1S/C18H16FN3OS/c1-12-16(24-17(21-12)13-6-3-2-4-7-13)11-20-18(23)22-15-9-5-8-14(19)10-15/h2-10H,11H2,1H3,(H2,20,22,23). The molecule has 0 saturated carbocycles. The number of thiazole rings is 1. The molecule has 4 nitrogen and oxygen atoms in total. The van der Waals surface area contributed by atoms with Crippen molar-refractivity contribution in [2.75, 3.05) is 5.32 Å². The molecule has 0 unspecified atom stereocenters. The van der Waals surface area contributed by atoms with Gasteiger partial charge in [0, 0.05) is 16.1 Å². The van der Waals surface area contributed by atoms with Gasteiger partial charge in [-0.25, -0.2) is 14.2 Å². The fourth-order valence-corrected chi connectivity index (χ4v) is 3.21. The number of benzene rings is 2. The second kappa shape index (κ2) is 7.23. The van der Waals surface area contributed by atoms with E-state index in [2.05, 4.69) is 15.6 Å². The number of halogens is 1. The Kier molecular flexibility index (Phi) is 4.86. The molecule has 0 spiro atoms. The molecule has 0 fully saturated rings. The molecule has 3 rings (SSSR count). The van der Waals surface area contributed by atoms with Gasteiger partial charge in [0.15, 0.2) is 0 Å². The highest BCUT2D eigenvalue weighted by Crippen LogP contribution is 2.27. The zero-order valence-corrected chi connectivity index (χ0v) is 13.9. The van der Waals surface area contributed by atoms with Crippen LogP contribution in [0.4, 0.5) is 14.9 Å². The van der Waals surface area contributed by atoms with E-state index in [0.717, 1.165) is 21.1 Å². The summed E-state index contributed by atoms with van der Waals surface area (Å²) < 4.78 is 13.1. The Bertz CT molecular complexity index is 848. The van der Waals surface area contributed by atoms with Gasteiger partial charge in [-0.15, -0.1) is 11.3 Å². The van der Waals surface area contributed by atoms with Crippen LogP contribution in [0.3, 0.4) is 0 Å². The predicted octanol–water partition coefficient (Wildman–Crippen LogP) is 4.58. The van der Waals surface area contributed by atoms with Crippen molar-refractivity contribution in [2.24, 2.45) is 0 Å². The first kappa shape index (κ1) is 16.1. The van der Waals surface area contributed by atoms with Crippen molar-refractivity contribution in [3.63, 3.8) is 0 Å². The topological polar surface area (TPSA) is 54.0 Å². The van der Waals surface area contributed by atoms with Crippen LogP contribution in [-0.2, 0) is 6.54 Å². The summed E-state index contributed by atoms with van der Waals surface area (Å²) in [5.74, 6) is -0.390. The van der Waals surface area contributed by atoms with E-state index in [1.165, 1.54) is 12.1 Å². The summed E-state index contributed by atoms with van der Waals surface area (Å²) in [5, 5.41) is 6.30. The minimum atomic E-state index is -0.390. The number of hydrogen-bond donors (Lipinski definition) is 2. The van der Waals surface area contributed by atoms with Crippen molar-refractivity contribution in [1.82, 2.24) is 10.3 Å². The van der Waals surface area contributed by atoms with Gasteiger partial charge in [0.2, 0.25) is 0 Å². The second-order valence-corrected chi connectivity index (χ2v) is 6.30. The number of anilines is 1. The van der Waals surface area contributed by atoms with E-state index in [-0.39, 0.29) is 6.03 Å². The largest absolute Gasteiger partial charge is 0.333 e. The normalized spacial score (nSPS) is 10.4. The summed E-state index contributed by atoms with van der Waals surface area (Å²) in [6, 6.07) is 15.3. The van der Waals surface area contributed by atoms with E-state index >= 15 is 0 Å². The third-order valence-corrected chi connectivity index (χ3v) is 4.61. The minimum Gasteiger partial charge on any atom is -0.333 e. The van der Waals surface area contributed by atoms with Gasteiger partial charge in [0.25, 0.3) is 0 Å². The molecule has 122 valence electrons. The lowest BCUT2D eigenvalue weighted by atomic mass is 10.2. The Morgan fingerprint density at radius 2 is 1.96 bits per heavy atom. The van der Waals surface area contributed by atoms with Crippen molar-refractivity contribution in [2.45, 2.75) is 13.5 Å². The molecule has 0 aliphatic heterocycles. The first-order valence-corrected chi connectivity index (χ1v) is 8.25. The molecular formula is C18H16FN3OS. The van der Waals surface area contributed by atoms with E-state index in [9.17, 15) is 9.18 Å². The molecule has 0 saturated heterocycles. The van der Waals surface area contributed by atoms with Crippen LogP contribution < -0.4 is 10.6 Å². The van der Waals surface area contributed by atoms with Gasteiger partial charge in [-0.2, -0.15) is 0 Å². The van der Waals surface area contributed by atoms with Gasteiger partial charge >= 0.3 is 6.03 Å². The molecular weight excluding hydrogens is 325 g/mol. The lowest BCUT2D eigenvalue weighted by Crippen LogP contribution is -2.28. The van der Waals surface area contributed by atoms with Gasteiger partial charge in [0.1, 0.15) is 10.8 Å². The van der Waals surface area contributed by atoms with E-state index in [1.54, 1.807) is 23.5 Å². The highest BCUT2D eigenvalue weighted by molar-refractivity contribution is 7.15. The third kappa shape index (κ3) is 3.97. The quantitative estimate of drug-likeness (QED) is 0.730. The molecule has 2 N–H and O–H groups in total. The Labute approximate surface area is 143 Å². The first-order valence-electron chi connectivity index (χ1n) is 7.44. The van der Waals surface area contributed by atoms with Gasteiger partial charge in [0.05, 0.1) is 12.2 Å². The molecule has 1 aromatic heterocycles. The van der Waals surface area contributed by atoms with Crippen molar-refractivity contribution < 1.29 is 9.18 Å². The molecule has 0 bridgehead atoms. The van der Waals surface area contributed by atoms with Crippen molar-refractivity contribution in [1.29, 1.82) is 0 Å². The molecule has 1 heterocycles. The summed E-state index contributed by atoms with van der Waals surface area (Å²) in [7, 11) is 0. The highest BCUT2D eigenvalue weighted by Gasteiger charge is 2.10. The monoisotopic (exact) mass is 341 g/mol. The molecule has 0 radical (unpaired) electrons. The Hall–Kier alpha value is -2.73. The van der Waals surface area contributed by atoms with Crippen LogP contribution in [-0.4, -0.2) is 11.0 Å². The number of rotatable bonds is 4. The van der Waals surface area contributed by atoms with Gasteiger partial charge in [-0.1, -0.05) is 36.4 Å². The minimum absolute atomic E-state index is 0.373. The molecule has 0 aliphatic rings. The Balaban J connectivity index is 1.62. The predicted molar refractivity (Wildman–Crippen MR) is 94.5 cm³/mol. The number of urea groups is 1. The fourth-order valence-electron chi connectivity index (χ4n) is 2.20. The summed E-state index contributed by atoms with van der Waals surface area (Å²) >= 11 is 1.55. The number of carbonyl (C=O) groups excluding carboxylic acids is 1. The number of nitrogens with one attached hydrogen (secondary N) is 2. The molecule has 2 amide bonds. The SMILES string of the molecule is Cc1nc(-c2ccccc2)sc1CNC(=O)Nc1cccc(F)c1. The maximum absolute atomic E-state index is 13.1. The van der Waals surface area contributed by atoms with E-state index in [0.29, 0.717) is 12.2 Å². The smallest absolute Gasteiger partial charge is 0.319 e. The Morgan fingerprint density at radius 3 is 2.71 bits per heavy atom. The summed E-state index contributed by atoms with van der Waals surface area (Å²) in [5.41, 5.74) is 2.37. The maximum Gasteiger partial charge on any atom is 0.319 e. The number of carbonyl (C=O) groups is 1. The van der Waals surface area contributed by atoms with Crippen LogP contribution in [0.15, 0.2) is 54.6 Å². The fraction of sp³-hybridized carbons (Fsp3) is 0.111. The van der Waals surface area contributed by atoms with Crippen LogP contribution >= 0.6 is 11.3 Å². The van der Waals surface area contributed by atoms with Gasteiger partial charge in [-0.05, 0) is 25.1 Å². The number of aryl methyl sites for hydroxylation is 1. The molecule has 2 aromatic carbocycles. The van der Waals surface area contributed by atoms with Crippen LogP contribution in [0.2, 0.25) is 0 Å². The zero-order chi connectivity index (χ0) is 16.9. The maximum atomic E-state index is 13.1. The first-order chi connectivity index (χ1) is 11.6. The van der Waals surface area contributed by atoms with E-state index in [1.807, 2.05) is 37.3 Å². The number of amides is 2. The van der Waals surface area contributed by atoms with Crippen molar-refractivity contribution in [3.05, 3.63) is 71.0 Å². The molecule has 24 heavy (non-hydrogen) atoms. The summed E-state index contributed by atoms with van der Waals surface area (Å²) in [6.45, 7) is 2.29. The highest BCUT2D eigenvalue weighted by atomic mass is 32.1. The molecule has 3 aromatic rings. The number of nitrogens with zero attached hydrogens (tertiary/aromatic N) is 1. The average Bonchev–Trinajstić information content (AvgIpc) is 2.95. The van der Waals surface area contributed by atoms with Gasteiger partial charge < -0.3 is 10.6 Å². The van der Waals surface area contributed by atoms with Crippen LogP contribution in [0.5, 0.6) is 0 Å². The average molecular weight is 341 g/mol. The lowest BCUT2D eigenvalue weighted by Gasteiger charge is -2.07. The van der Waals surface area contributed by atoms with E-state index < -0.39 is 5.82 Å². The molecule has 6 heteroatoms. The lowest BCUT2D eigenvalue weighted by molar-refractivity contribution is 0.252. The number of hydrogen-bond acceptors (Lipinski definition) is 3. The van der Waals surface area contributed by atoms with Gasteiger partial charge in [-0.3, -0.25) is 0 Å². The summed E-state index contributed by atoms with van der Waals surface area (Å²) in [6.07, 6.45) is 0. The van der Waals surface area contributed by atoms with Crippen LogP contribution in [0, 0.1) is 12.7 Å². The zero-order valence-electron chi connectivity index (χ0n) is 13.0. The molecule has 0 atom stereocenters. The second-order valence-electron chi connectivity index (χ2n) is 5.21. The summed E-state index contributed by atoms with van der Waals surface area (Å²) in [4.78, 5) is 17.5. The van der Waals surface area contributed by atoms with E-state index in [4.69, 9.17) is 0 Å². The van der Waals surface area contributed by atoms with Crippen LogP contribution in [0.1, 0.15) is 10.6 Å². The third-order valence-electron chi connectivity index (χ3n) is 3.41. The van der Waals surface area contributed by atoms with Crippen LogP contribution in [0.25, 0.3) is 10.6 Å². The Morgan fingerprint density at radius 1 is 1.17 bits per heavy atom. The number of aromatic nitrogens is 1. The molecule has 0 aliphatic carbocycles. The van der Waals surface area contributed by atoms with Crippen molar-refractivity contribution in [3.8, 4) is 10.6 Å². The van der Waals surface area contributed by atoms with Crippen molar-refractivity contribution >= 4 is 23.1 Å².